The Labute approximate surface area is 81.4 Å². The normalized spacial score (nSPS) is 21.9. The van der Waals surface area contributed by atoms with Crippen LogP contribution in [0.4, 0.5) is 0 Å². The van der Waals surface area contributed by atoms with Crippen molar-refractivity contribution in [2.45, 2.75) is 20.8 Å². The highest BCUT2D eigenvalue weighted by molar-refractivity contribution is 9.12. The molecule has 0 fully saturated rings. The van der Waals surface area contributed by atoms with E-state index < -0.39 is 9.84 Å². The van der Waals surface area contributed by atoms with Crippen molar-refractivity contribution in [3.8, 4) is 0 Å². The molecule has 0 saturated carbocycles. The first kappa shape index (κ1) is 9.99. The SMILES string of the molecule is CC1=CC(Br)=C(C(C)C)S1(=O)=O. The number of sulfone groups is 1. The Morgan fingerprint density at radius 3 is 2.08 bits per heavy atom. The van der Waals surface area contributed by atoms with Crippen LogP contribution in [0.1, 0.15) is 20.8 Å². The summed E-state index contributed by atoms with van der Waals surface area (Å²) in [5.74, 6) is 0.0399. The third-order valence-corrected chi connectivity index (χ3v) is 4.96. The van der Waals surface area contributed by atoms with Crippen molar-refractivity contribution >= 4 is 25.8 Å². The Bertz CT molecular complexity index is 361. The summed E-state index contributed by atoms with van der Waals surface area (Å²) in [6.45, 7) is 5.37. The van der Waals surface area contributed by atoms with Crippen molar-refractivity contribution in [3.63, 3.8) is 0 Å². The van der Waals surface area contributed by atoms with E-state index in [4.69, 9.17) is 0 Å². The van der Waals surface area contributed by atoms with Crippen molar-refractivity contribution in [3.05, 3.63) is 20.4 Å². The average Bonchev–Trinajstić information content (AvgIpc) is 2.02. The molecule has 1 heterocycles. The fourth-order valence-electron chi connectivity index (χ4n) is 1.22. The molecular formula is C8H11BrO2S. The summed E-state index contributed by atoms with van der Waals surface area (Å²) in [7, 11) is -3.12. The van der Waals surface area contributed by atoms with E-state index in [0.717, 1.165) is 0 Å². The second-order valence-electron chi connectivity index (χ2n) is 3.13. The third kappa shape index (κ3) is 1.38. The van der Waals surface area contributed by atoms with Gasteiger partial charge in [-0.2, -0.15) is 0 Å². The Morgan fingerprint density at radius 2 is 1.92 bits per heavy atom. The predicted molar refractivity (Wildman–Crippen MR) is 53.5 cm³/mol. The lowest BCUT2D eigenvalue weighted by Gasteiger charge is -2.07. The smallest absolute Gasteiger partial charge is 0.200 e. The molecule has 4 heteroatoms. The Balaban J connectivity index is 3.32. The molecular weight excluding hydrogens is 240 g/mol. The highest BCUT2D eigenvalue weighted by Crippen LogP contribution is 2.36. The van der Waals surface area contributed by atoms with E-state index in [1.807, 2.05) is 13.8 Å². The van der Waals surface area contributed by atoms with Crippen molar-refractivity contribution in [1.82, 2.24) is 0 Å². The molecule has 68 valence electrons. The first-order chi connectivity index (χ1) is 5.37. The largest absolute Gasteiger partial charge is 0.219 e. The van der Waals surface area contributed by atoms with Crippen LogP contribution in [0.15, 0.2) is 20.4 Å². The minimum atomic E-state index is -3.12. The minimum absolute atomic E-state index is 0.0399. The topological polar surface area (TPSA) is 34.1 Å². The molecule has 0 aromatic carbocycles. The van der Waals surface area contributed by atoms with Crippen molar-refractivity contribution in [2.24, 2.45) is 5.92 Å². The van der Waals surface area contributed by atoms with Gasteiger partial charge in [0, 0.05) is 9.39 Å². The highest BCUT2D eigenvalue weighted by Gasteiger charge is 2.30. The molecule has 1 aliphatic heterocycles. The van der Waals surface area contributed by atoms with Gasteiger partial charge in [-0.3, -0.25) is 0 Å². The number of rotatable bonds is 1. The summed E-state index contributed by atoms with van der Waals surface area (Å²) in [5, 5.41) is 0. The summed E-state index contributed by atoms with van der Waals surface area (Å²) < 4.78 is 23.9. The van der Waals surface area contributed by atoms with Gasteiger partial charge in [-0.1, -0.05) is 13.8 Å². The van der Waals surface area contributed by atoms with Gasteiger partial charge in [0.1, 0.15) is 0 Å². The van der Waals surface area contributed by atoms with Crippen molar-refractivity contribution in [2.75, 3.05) is 0 Å². The van der Waals surface area contributed by atoms with Gasteiger partial charge < -0.3 is 0 Å². The van der Waals surface area contributed by atoms with Gasteiger partial charge in [0.15, 0.2) is 9.84 Å². The number of halogens is 1. The Morgan fingerprint density at radius 1 is 1.42 bits per heavy atom. The first-order valence-corrected chi connectivity index (χ1v) is 5.98. The summed E-state index contributed by atoms with van der Waals surface area (Å²) >= 11 is 3.25. The van der Waals surface area contributed by atoms with Crippen LogP contribution in [0.3, 0.4) is 0 Å². The Hall–Kier alpha value is -0.0900. The van der Waals surface area contributed by atoms with Gasteiger partial charge in [-0.25, -0.2) is 8.42 Å². The molecule has 0 amide bonds. The van der Waals surface area contributed by atoms with Gasteiger partial charge in [0.25, 0.3) is 0 Å². The van der Waals surface area contributed by atoms with Crippen LogP contribution < -0.4 is 0 Å². The van der Waals surface area contributed by atoms with Crippen molar-refractivity contribution in [1.29, 1.82) is 0 Å². The molecule has 0 spiro atoms. The lowest BCUT2D eigenvalue weighted by Crippen LogP contribution is -2.06. The zero-order valence-electron chi connectivity index (χ0n) is 7.26. The second-order valence-corrected chi connectivity index (χ2v) is 6.07. The Kier molecular flexibility index (Phi) is 2.50. The zero-order chi connectivity index (χ0) is 9.52. The van der Waals surface area contributed by atoms with Crippen LogP contribution in [0, 0.1) is 5.92 Å². The molecule has 0 saturated heterocycles. The summed E-state index contributed by atoms with van der Waals surface area (Å²) in [6, 6.07) is 0. The van der Waals surface area contributed by atoms with Gasteiger partial charge in [-0.15, -0.1) is 0 Å². The molecule has 12 heavy (non-hydrogen) atoms. The molecule has 0 radical (unpaired) electrons. The third-order valence-electron chi connectivity index (χ3n) is 1.80. The first-order valence-electron chi connectivity index (χ1n) is 3.70. The van der Waals surface area contributed by atoms with Crippen LogP contribution in [0.25, 0.3) is 0 Å². The maximum absolute atomic E-state index is 11.6. The minimum Gasteiger partial charge on any atom is -0.219 e. The lowest BCUT2D eigenvalue weighted by atomic mass is 10.2. The summed E-state index contributed by atoms with van der Waals surface area (Å²) in [5.41, 5.74) is 0. The molecule has 0 aliphatic carbocycles. The fourth-order valence-corrected chi connectivity index (χ4v) is 4.36. The summed E-state index contributed by atoms with van der Waals surface area (Å²) in [6.07, 6.45) is 1.66. The van der Waals surface area contributed by atoms with E-state index in [9.17, 15) is 8.42 Å². The van der Waals surface area contributed by atoms with Gasteiger partial charge in [0.05, 0.1) is 4.91 Å². The van der Waals surface area contributed by atoms with Crippen LogP contribution in [-0.4, -0.2) is 8.42 Å². The van der Waals surface area contributed by atoms with E-state index in [1.54, 1.807) is 13.0 Å². The number of hydrogen-bond acceptors (Lipinski definition) is 2. The van der Waals surface area contributed by atoms with Crippen LogP contribution in [0.2, 0.25) is 0 Å². The lowest BCUT2D eigenvalue weighted by molar-refractivity contribution is 0.602. The summed E-state index contributed by atoms with van der Waals surface area (Å²) in [4.78, 5) is 0.929. The zero-order valence-corrected chi connectivity index (χ0v) is 9.66. The van der Waals surface area contributed by atoms with Crippen LogP contribution in [-0.2, 0) is 9.84 Å². The fraction of sp³-hybridized carbons (Fsp3) is 0.500. The molecule has 0 N–H and O–H groups in total. The van der Waals surface area contributed by atoms with E-state index >= 15 is 0 Å². The van der Waals surface area contributed by atoms with Gasteiger partial charge in [-0.05, 0) is 34.8 Å². The molecule has 0 aromatic rings. The number of hydrogen-bond donors (Lipinski definition) is 0. The van der Waals surface area contributed by atoms with Gasteiger partial charge >= 0.3 is 0 Å². The molecule has 0 atom stereocenters. The highest BCUT2D eigenvalue weighted by atomic mass is 79.9. The number of allylic oxidation sites excluding steroid dienone is 4. The van der Waals surface area contributed by atoms with E-state index in [-0.39, 0.29) is 5.92 Å². The maximum Gasteiger partial charge on any atom is 0.200 e. The molecule has 1 rings (SSSR count). The maximum atomic E-state index is 11.6. The second kappa shape index (κ2) is 3.00. The van der Waals surface area contributed by atoms with Crippen molar-refractivity contribution < 1.29 is 8.42 Å². The standard InChI is InChI=1S/C8H11BrO2S/c1-5(2)8-7(9)4-6(3)12(8,10)11/h4-5H,1-3H3. The van der Waals surface area contributed by atoms with Crippen LogP contribution in [0.5, 0.6) is 0 Å². The predicted octanol–water partition coefficient (Wildman–Crippen LogP) is 2.58. The van der Waals surface area contributed by atoms with E-state index in [1.165, 1.54) is 0 Å². The van der Waals surface area contributed by atoms with E-state index in [2.05, 4.69) is 15.9 Å². The molecule has 0 unspecified atom stereocenters. The molecule has 0 aromatic heterocycles. The van der Waals surface area contributed by atoms with E-state index in [0.29, 0.717) is 14.3 Å². The molecule has 2 nitrogen and oxygen atoms in total. The van der Waals surface area contributed by atoms with Gasteiger partial charge in [0.2, 0.25) is 0 Å². The molecule has 0 bridgehead atoms. The monoisotopic (exact) mass is 250 g/mol. The quantitative estimate of drug-likeness (QED) is 0.717. The average molecular weight is 251 g/mol. The molecule has 1 aliphatic rings. The van der Waals surface area contributed by atoms with Crippen LogP contribution >= 0.6 is 15.9 Å².